The van der Waals surface area contributed by atoms with Crippen LogP contribution < -0.4 is 5.73 Å². The van der Waals surface area contributed by atoms with Crippen LogP contribution in [0, 0.1) is 11.8 Å². The van der Waals surface area contributed by atoms with Gasteiger partial charge in [-0.1, -0.05) is 5.92 Å². The molecule has 4 aromatic rings. The van der Waals surface area contributed by atoms with Crippen molar-refractivity contribution in [2.75, 3.05) is 18.9 Å². The molecule has 29 heavy (non-hydrogen) atoms. The summed E-state index contributed by atoms with van der Waals surface area (Å²) in [5.74, 6) is 6.03. The maximum absolute atomic E-state index is 9.92. The Morgan fingerprint density at radius 3 is 2.90 bits per heavy atom. The van der Waals surface area contributed by atoms with E-state index < -0.39 is 5.60 Å². The monoisotopic (exact) mass is 405 g/mol. The summed E-state index contributed by atoms with van der Waals surface area (Å²) in [6.07, 6.45) is 3.91. The van der Waals surface area contributed by atoms with Crippen molar-refractivity contribution in [3.05, 3.63) is 35.6 Å². The van der Waals surface area contributed by atoms with Crippen LogP contribution in [0.5, 0.6) is 0 Å². The summed E-state index contributed by atoms with van der Waals surface area (Å²) in [4.78, 5) is 13.4. The fraction of sp³-hybridized carbons (Fsp3) is 0.286. The van der Waals surface area contributed by atoms with E-state index in [2.05, 4.69) is 37.6 Å². The molecule has 5 heterocycles. The summed E-state index contributed by atoms with van der Waals surface area (Å²) < 4.78 is 8.57. The van der Waals surface area contributed by atoms with E-state index in [1.807, 2.05) is 23.7 Å². The minimum absolute atomic E-state index is 0.245. The lowest BCUT2D eigenvalue weighted by atomic mass is 10.1. The quantitative estimate of drug-likeness (QED) is 0.498. The Morgan fingerprint density at radius 1 is 1.34 bits per heavy atom. The minimum atomic E-state index is -1.08. The topological polar surface area (TPSA) is 99.1 Å². The number of aromatic nitrogens is 4. The number of hydrogen-bond donors (Lipinski definition) is 2. The average molecular weight is 405 g/mol. The second-order valence-electron chi connectivity index (χ2n) is 7.60. The van der Waals surface area contributed by atoms with E-state index in [-0.39, 0.29) is 12.0 Å². The van der Waals surface area contributed by atoms with Gasteiger partial charge >= 0.3 is 0 Å². The summed E-state index contributed by atoms with van der Waals surface area (Å²) in [6.45, 7) is 4.63. The highest BCUT2D eigenvalue weighted by Crippen LogP contribution is 2.38. The Labute approximate surface area is 171 Å². The van der Waals surface area contributed by atoms with E-state index in [4.69, 9.17) is 10.5 Å². The molecule has 3 N–H and O–H groups in total. The first-order valence-electron chi connectivity index (χ1n) is 9.24. The fourth-order valence-corrected chi connectivity index (χ4v) is 4.21. The van der Waals surface area contributed by atoms with E-state index >= 15 is 0 Å². The van der Waals surface area contributed by atoms with Crippen molar-refractivity contribution in [1.29, 1.82) is 0 Å². The molecular formula is C21H19N5O2S. The highest BCUT2D eigenvalue weighted by molar-refractivity contribution is 7.17. The molecule has 1 aliphatic rings. The summed E-state index contributed by atoms with van der Waals surface area (Å²) >= 11 is 1.59. The Morgan fingerprint density at radius 2 is 2.17 bits per heavy atom. The van der Waals surface area contributed by atoms with Crippen LogP contribution in [0.3, 0.4) is 0 Å². The van der Waals surface area contributed by atoms with E-state index in [0.717, 1.165) is 32.4 Å². The molecule has 0 unspecified atom stereocenters. The molecule has 7 nitrogen and oxygen atoms in total. The maximum atomic E-state index is 9.92. The molecule has 5 rings (SSSR count). The largest absolute Gasteiger partial charge is 0.378 e. The van der Waals surface area contributed by atoms with Gasteiger partial charge in [-0.3, -0.25) is 0 Å². The van der Waals surface area contributed by atoms with Crippen molar-refractivity contribution < 1.29 is 9.84 Å². The molecule has 0 spiro atoms. The Hall–Kier alpha value is -2.99. The van der Waals surface area contributed by atoms with E-state index in [1.54, 1.807) is 25.2 Å². The molecular weight excluding hydrogens is 386 g/mol. The van der Waals surface area contributed by atoms with Gasteiger partial charge in [0.15, 0.2) is 0 Å². The van der Waals surface area contributed by atoms with Crippen LogP contribution in [0.25, 0.3) is 32.4 Å². The van der Waals surface area contributed by atoms with Crippen molar-refractivity contribution in [1.82, 2.24) is 19.5 Å². The Kier molecular flexibility index (Phi) is 4.06. The molecule has 146 valence electrons. The van der Waals surface area contributed by atoms with Gasteiger partial charge in [0, 0.05) is 17.1 Å². The summed E-state index contributed by atoms with van der Waals surface area (Å²) in [6, 6.07) is 4.15. The smallest absolute Gasteiger partial charge is 0.221 e. The number of ether oxygens (including phenoxy) is 1. The summed E-state index contributed by atoms with van der Waals surface area (Å²) in [5.41, 5.74) is 9.08. The van der Waals surface area contributed by atoms with Gasteiger partial charge in [-0.15, -0.1) is 11.3 Å². The number of nitrogens with zero attached hydrogens (tertiary/aromatic N) is 4. The van der Waals surface area contributed by atoms with Crippen LogP contribution in [0.4, 0.5) is 5.95 Å². The second kappa shape index (κ2) is 6.52. The van der Waals surface area contributed by atoms with Gasteiger partial charge in [-0.25, -0.2) is 15.0 Å². The van der Waals surface area contributed by atoms with Crippen LogP contribution in [0.2, 0.25) is 0 Å². The third-order valence-electron chi connectivity index (χ3n) is 4.81. The second-order valence-corrected chi connectivity index (χ2v) is 8.52. The highest BCUT2D eigenvalue weighted by atomic mass is 32.1. The molecule has 0 aliphatic carbocycles. The summed E-state index contributed by atoms with van der Waals surface area (Å²) in [7, 11) is 0. The van der Waals surface area contributed by atoms with Gasteiger partial charge < -0.3 is 20.1 Å². The van der Waals surface area contributed by atoms with Crippen molar-refractivity contribution in [2.45, 2.75) is 25.5 Å². The van der Waals surface area contributed by atoms with E-state index in [9.17, 15) is 5.11 Å². The molecule has 0 saturated carbocycles. The molecule has 0 amide bonds. The number of aliphatic hydroxyl groups is 1. The standard InChI is InChI=1S/C21H19N5O2S/c1-21(2,27)5-3-12-7-14-15(9-26(13-10-28-11-13)17(14)8-23-12)18-19-16(4-6-29-19)24-20(22)25-18/h4,6-9,13,27H,10-11H2,1-2H3,(H2,22,24,25). The number of thiophene rings is 1. The SMILES string of the molecule is CC(C)(O)C#Cc1cc2c(-c3nc(N)nc4ccsc34)cn(C3COC3)c2cn1. The van der Waals surface area contributed by atoms with Crippen LogP contribution in [-0.4, -0.2) is 43.4 Å². The van der Waals surface area contributed by atoms with Crippen molar-refractivity contribution in [2.24, 2.45) is 0 Å². The molecule has 1 saturated heterocycles. The van der Waals surface area contributed by atoms with Gasteiger partial charge in [-0.05, 0) is 37.3 Å². The lowest BCUT2D eigenvalue weighted by Gasteiger charge is -2.28. The lowest BCUT2D eigenvalue weighted by molar-refractivity contribution is -0.0213. The van der Waals surface area contributed by atoms with Gasteiger partial charge in [0.25, 0.3) is 0 Å². The van der Waals surface area contributed by atoms with E-state index in [0.29, 0.717) is 18.9 Å². The molecule has 4 aromatic heterocycles. The number of fused-ring (bicyclic) bond motifs is 2. The van der Waals surface area contributed by atoms with Gasteiger partial charge in [0.1, 0.15) is 11.3 Å². The minimum Gasteiger partial charge on any atom is -0.378 e. The lowest BCUT2D eigenvalue weighted by Crippen LogP contribution is -2.30. The zero-order valence-electron chi connectivity index (χ0n) is 16.0. The number of pyridine rings is 1. The molecule has 1 fully saturated rings. The number of rotatable bonds is 2. The normalized spacial score (nSPS) is 14.7. The Bertz CT molecular complexity index is 1300. The first kappa shape index (κ1) is 18.1. The first-order chi connectivity index (χ1) is 13.9. The number of nitrogens with two attached hydrogens (primary N) is 1. The molecule has 0 aromatic carbocycles. The zero-order valence-corrected chi connectivity index (χ0v) is 16.8. The van der Waals surface area contributed by atoms with Crippen molar-refractivity contribution in [3.63, 3.8) is 0 Å². The first-order valence-corrected chi connectivity index (χ1v) is 10.1. The summed E-state index contributed by atoms with van der Waals surface area (Å²) in [5, 5.41) is 12.9. The Balaban J connectivity index is 1.76. The predicted octanol–water partition coefficient (Wildman–Crippen LogP) is 2.98. The number of nitrogen functional groups attached to an aromatic ring is 1. The van der Waals surface area contributed by atoms with Gasteiger partial charge in [0.2, 0.25) is 5.95 Å². The zero-order chi connectivity index (χ0) is 20.2. The molecule has 1 aliphatic heterocycles. The number of hydrogen-bond acceptors (Lipinski definition) is 7. The van der Waals surface area contributed by atoms with Crippen LogP contribution in [0.15, 0.2) is 29.9 Å². The van der Waals surface area contributed by atoms with Gasteiger partial charge in [0.05, 0.1) is 46.9 Å². The highest BCUT2D eigenvalue weighted by Gasteiger charge is 2.25. The van der Waals surface area contributed by atoms with Crippen LogP contribution in [-0.2, 0) is 4.74 Å². The molecule has 0 atom stereocenters. The van der Waals surface area contributed by atoms with Crippen molar-refractivity contribution in [3.8, 4) is 23.1 Å². The molecule has 8 heteroatoms. The van der Waals surface area contributed by atoms with Gasteiger partial charge in [-0.2, -0.15) is 0 Å². The number of anilines is 1. The molecule has 0 bridgehead atoms. The predicted molar refractivity (Wildman–Crippen MR) is 114 cm³/mol. The third kappa shape index (κ3) is 3.23. The third-order valence-corrected chi connectivity index (χ3v) is 5.72. The fourth-order valence-electron chi connectivity index (χ4n) is 3.37. The van der Waals surface area contributed by atoms with Crippen LogP contribution >= 0.6 is 11.3 Å². The molecule has 0 radical (unpaired) electrons. The average Bonchev–Trinajstić information content (AvgIpc) is 3.22. The van der Waals surface area contributed by atoms with Crippen LogP contribution in [0.1, 0.15) is 25.6 Å². The van der Waals surface area contributed by atoms with E-state index in [1.165, 1.54) is 0 Å². The van der Waals surface area contributed by atoms with Crippen molar-refractivity contribution >= 4 is 38.4 Å². The maximum Gasteiger partial charge on any atom is 0.221 e.